The summed E-state index contributed by atoms with van der Waals surface area (Å²) in [5, 5.41) is 11.3. The van der Waals surface area contributed by atoms with Gasteiger partial charge in [0.15, 0.2) is 0 Å². The molecular formula is C13H15Cl2N3O3. The second-order valence-electron chi connectivity index (χ2n) is 5.14. The number of amides is 1. The summed E-state index contributed by atoms with van der Waals surface area (Å²) in [5.41, 5.74) is 5.68. The van der Waals surface area contributed by atoms with Gasteiger partial charge in [0.25, 0.3) is 5.69 Å². The summed E-state index contributed by atoms with van der Waals surface area (Å²) < 4.78 is 0. The molecule has 0 spiro atoms. The number of non-ortho nitro benzene ring substituents is 1. The minimum Gasteiger partial charge on any atom is -0.370 e. The van der Waals surface area contributed by atoms with Crippen LogP contribution in [0.15, 0.2) is 12.1 Å². The van der Waals surface area contributed by atoms with Crippen LogP contribution < -0.4 is 10.6 Å². The molecule has 0 bridgehead atoms. The van der Waals surface area contributed by atoms with Gasteiger partial charge in [-0.05, 0) is 18.8 Å². The van der Waals surface area contributed by atoms with Crippen LogP contribution in [0.1, 0.15) is 19.3 Å². The molecule has 1 aromatic rings. The number of carbonyl (C=O) groups is 1. The molecule has 1 fully saturated rings. The van der Waals surface area contributed by atoms with Crippen molar-refractivity contribution >= 4 is 40.5 Å². The van der Waals surface area contributed by atoms with E-state index >= 15 is 0 Å². The molecular weight excluding hydrogens is 317 g/mol. The Kier molecular flexibility index (Phi) is 4.90. The number of carbonyl (C=O) groups excluding carboxylic acids is 1. The van der Waals surface area contributed by atoms with E-state index in [2.05, 4.69) is 0 Å². The number of nitro groups is 1. The summed E-state index contributed by atoms with van der Waals surface area (Å²) in [5.74, 6) is -0.179. The van der Waals surface area contributed by atoms with Crippen LogP contribution >= 0.6 is 23.2 Å². The third-order valence-corrected chi connectivity index (χ3v) is 4.11. The lowest BCUT2D eigenvalue weighted by atomic mass is 9.94. The maximum Gasteiger partial charge on any atom is 0.272 e. The van der Waals surface area contributed by atoms with Gasteiger partial charge in [-0.15, -0.1) is 0 Å². The number of nitrogens with zero attached hydrogens (tertiary/aromatic N) is 2. The summed E-state index contributed by atoms with van der Waals surface area (Å²) in [6.07, 6.45) is 2.13. The number of rotatable bonds is 4. The highest BCUT2D eigenvalue weighted by Crippen LogP contribution is 2.39. The first-order chi connectivity index (χ1) is 9.88. The van der Waals surface area contributed by atoms with Gasteiger partial charge in [0.1, 0.15) is 0 Å². The van der Waals surface area contributed by atoms with Crippen molar-refractivity contribution in [2.75, 3.05) is 18.0 Å². The molecule has 2 N–H and O–H groups in total. The summed E-state index contributed by atoms with van der Waals surface area (Å²) in [4.78, 5) is 23.3. The SMILES string of the molecule is NC(=O)CC1CCCN(c2c(Cl)cc([N+](=O)[O-])cc2Cl)C1. The molecule has 1 amide bonds. The number of benzene rings is 1. The lowest BCUT2D eigenvalue weighted by Gasteiger charge is -2.35. The number of halogens is 2. The highest BCUT2D eigenvalue weighted by Gasteiger charge is 2.26. The second kappa shape index (κ2) is 6.49. The van der Waals surface area contributed by atoms with Crippen LogP contribution in [0.4, 0.5) is 11.4 Å². The number of hydrogen-bond acceptors (Lipinski definition) is 4. The molecule has 21 heavy (non-hydrogen) atoms. The number of piperidine rings is 1. The van der Waals surface area contributed by atoms with Crippen molar-refractivity contribution in [1.82, 2.24) is 0 Å². The highest BCUT2D eigenvalue weighted by atomic mass is 35.5. The molecule has 0 aromatic heterocycles. The van der Waals surface area contributed by atoms with Crippen LogP contribution in [0.3, 0.4) is 0 Å². The molecule has 1 aromatic carbocycles. The molecule has 2 rings (SSSR count). The zero-order valence-corrected chi connectivity index (χ0v) is 12.7. The van der Waals surface area contributed by atoms with Crippen molar-refractivity contribution < 1.29 is 9.72 Å². The molecule has 1 aliphatic rings. The van der Waals surface area contributed by atoms with Gasteiger partial charge in [0.05, 0.1) is 20.7 Å². The molecule has 1 heterocycles. The Labute approximate surface area is 132 Å². The Morgan fingerprint density at radius 2 is 2.05 bits per heavy atom. The Bertz CT molecular complexity index is 557. The summed E-state index contributed by atoms with van der Waals surface area (Å²) in [6, 6.07) is 2.58. The van der Waals surface area contributed by atoms with Gasteiger partial charge in [-0.25, -0.2) is 0 Å². The second-order valence-corrected chi connectivity index (χ2v) is 5.95. The lowest BCUT2D eigenvalue weighted by Crippen LogP contribution is -2.37. The number of hydrogen-bond donors (Lipinski definition) is 1. The minimum atomic E-state index is -0.534. The first-order valence-electron chi connectivity index (χ1n) is 6.55. The van der Waals surface area contributed by atoms with E-state index in [0.29, 0.717) is 18.7 Å². The van der Waals surface area contributed by atoms with Gasteiger partial charge in [-0.3, -0.25) is 14.9 Å². The van der Waals surface area contributed by atoms with Gasteiger partial charge in [-0.1, -0.05) is 23.2 Å². The van der Waals surface area contributed by atoms with Gasteiger partial charge >= 0.3 is 0 Å². The van der Waals surface area contributed by atoms with Crippen LogP contribution in [-0.4, -0.2) is 23.9 Å². The fourth-order valence-electron chi connectivity index (χ4n) is 2.68. The standard InChI is InChI=1S/C13H15Cl2N3O3/c14-10-5-9(18(20)21)6-11(15)13(10)17-3-1-2-8(7-17)4-12(16)19/h5-6,8H,1-4,7H2,(H2,16,19). The van der Waals surface area contributed by atoms with E-state index in [1.807, 2.05) is 4.90 Å². The van der Waals surface area contributed by atoms with Crippen molar-refractivity contribution in [3.8, 4) is 0 Å². The first-order valence-corrected chi connectivity index (χ1v) is 7.30. The van der Waals surface area contributed by atoms with Crippen LogP contribution in [0.2, 0.25) is 10.0 Å². The molecule has 0 aliphatic carbocycles. The van der Waals surface area contributed by atoms with E-state index in [1.54, 1.807) is 0 Å². The third kappa shape index (κ3) is 3.77. The van der Waals surface area contributed by atoms with Crippen LogP contribution in [0.25, 0.3) is 0 Å². The van der Waals surface area contributed by atoms with E-state index in [-0.39, 0.29) is 27.6 Å². The fraction of sp³-hybridized carbons (Fsp3) is 0.462. The molecule has 6 nitrogen and oxygen atoms in total. The molecule has 0 radical (unpaired) electrons. The van der Waals surface area contributed by atoms with Crippen molar-refractivity contribution in [1.29, 1.82) is 0 Å². The Hall–Kier alpha value is -1.53. The maximum absolute atomic E-state index is 11.0. The van der Waals surface area contributed by atoms with E-state index in [9.17, 15) is 14.9 Å². The van der Waals surface area contributed by atoms with Gasteiger partial charge in [0.2, 0.25) is 5.91 Å². The van der Waals surface area contributed by atoms with Crippen LogP contribution in [0, 0.1) is 16.0 Å². The molecule has 1 atom stereocenters. The summed E-state index contributed by atoms with van der Waals surface area (Å²) in [6.45, 7) is 1.35. The van der Waals surface area contributed by atoms with Crippen molar-refractivity contribution in [3.63, 3.8) is 0 Å². The van der Waals surface area contributed by atoms with Gasteiger partial charge < -0.3 is 10.6 Å². The topological polar surface area (TPSA) is 89.5 Å². The largest absolute Gasteiger partial charge is 0.370 e. The number of anilines is 1. The van der Waals surface area contributed by atoms with Gasteiger partial charge in [-0.2, -0.15) is 0 Å². The molecule has 0 saturated carbocycles. The van der Waals surface area contributed by atoms with E-state index in [4.69, 9.17) is 28.9 Å². The lowest BCUT2D eigenvalue weighted by molar-refractivity contribution is -0.384. The molecule has 1 aliphatic heterocycles. The Morgan fingerprint density at radius 3 is 2.57 bits per heavy atom. The zero-order chi connectivity index (χ0) is 15.6. The smallest absolute Gasteiger partial charge is 0.272 e. The molecule has 1 saturated heterocycles. The number of nitrogens with two attached hydrogens (primary N) is 1. The van der Waals surface area contributed by atoms with Crippen molar-refractivity contribution in [2.45, 2.75) is 19.3 Å². The maximum atomic E-state index is 11.0. The normalized spacial score (nSPS) is 18.6. The van der Waals surface area contributed by atoms with Crippen LogP contribution in [0.5, 0.6) is 0 Å². The zero-order valence-electron chi connectivity index (χ0n) is 11.2. The average molecular weight is 332 g/mol. The van der Waals surface area contributed by atoms with E-state index in [1.165, 1.54) is 12.1 Å². The molecule has 114 valence electrons. The monoisotopic (exact) mass is 331 g/mol. The van der Waals surface area contributed by atoms with Crippen molar-refractivity contribution in [2.24, 2.45) is 11.7 Å². The average Bonchev–Trinajstić information content (AvgIpc) is 2.37. The Morgan fingerprint density at radius 1 is 1.43 bits per heavy atom. The fourth-order valence-corrected chi connectivity index (χ4v) is 3.39. The number of primary amides is 1. The summed E-state index contributed by atoms with van der Waals surface area (Å²) >= 11 is 12.3. The first kappa shape index (κ1) is 15.9. The molecule has 1 unspecified atom stereocenters. The predicted molar refractivity (Wildman–Crippen MR) is 81.9 cm³/mol. The minimum absolute atomic E-state index is 0.139. The van der Waals surface area contributed by atoms with E-state index in [0.717, 1.165) is 19.4 Å². The number of nitro benzene ring substituents is 1. The van der Waals surface area contributed by atoms with Crippen LogP contribution in [-0.2, 0) is 4.79 Å². The molecule has 8 heteroatoms. The predicted octanol–water partition coefficient (Wildman–Crippen LogP) is 2.99. The summed E-state index contributed by atoms with van der Waals surface area (Å²) in [7, 11) is 0. The Balaban J connectivity index is 2.25. The van der Waals surface area contributed by atoms with E-state index < -0.39 is 4.92 Å². The quantitative estimate of drug-likeness (QED) is 0.678. The third-order valence-electron chi connectivity index (χ3n) is 3.54. The van der Waals surface area contributed by atoms with Gasteiger partial charge in [0, 0.05) is 31.6 Å². The van der Waals surface area contributed by atoms with Crippen molar-refractivity contribution in [3.05, 3.63) is 32.3 Å². The highest BCUT2D eigenvalue weighted by molar-refractivity contribution is 6.39.